The van der Waals surface area contributed by atoms with Gasteiger partial charge in [0.15, 0.2) is 0 Å². The maximum atomic E-state index is 10.7. The number of hydrogen-bond acceptors (Lipinski definition) is 4. The SMILES string of the molecule is CC(=O)CC(CCCO)SCO. The molecule has 0 aromatic heterocycles. The van der Waals surface area contributed by atoms with Gasteiger partial charge in [-0.15, -0.1) is 11.8 Å². The van der Waals surface area contributed by atoms with Crippen molar-refractivity contribution in [2.75, 3.05) is 12.5 Å². The summed E-state index contributed by atoms with van der Waals surface area (Å²) in [6.45, 7) is 1.70. The highest BCUT2D eigenvalue weighted by Gasteiger charge is 2.10. The fraction of sp³-hybridized carbons (Fsp3) is 0.875. The molecule has 3 nitrogen and oxygen atoms in total. The zero-order valence-electron chi connectivity index (χ0n) is 7.32. The van der Waals surface area contributed by atoms with Crippen molar-refractivity contribution in [2.24, 2.45) is 0 Å². The van der Waals surface area contributed by atoms with Gasteiger partial charge in [0.2, 0.25) is 0 Å². The third kappa shape index (κ3) is 6.64. The van der Waals surface area contributed by atoms with Gasteiger partial charge in [-0.1, -0.05) is 0 Å². The van der Waals surface area contributed by atoms with Gasteiger partial charge in [0.05, 0.1) is 5.94 Å². The van der Waals surface area contributed by atoms with Crippen molar-refractivity contribution >= 4 is 17.5 Å². The maximum Gasteiger partial charge on any atom is 0.130 e. The summed E-state index contributed by atoms with van der Waals surface area (Å²) >= 11 is 1.37. The van der Waals surface area contributed by atoms with Gasteiger partial charge in [0, 0.05) is 18.3 Å². The van der Waals surface area contributed by atoms with Crippen LogP contribution in [-0.4, -0.2) is 33.8 Å². The number of aliphatic hydroxyl groups excluding tert-OH is 2. The summed E-state index contributed by atoms with van der Waals surface area (Å²) in [5, 5.41) is 17.4. The standard InChI is InChI=1S/C8H16O3S/c1-7(11)5-8(12-6-10)3-2-4-9/h8-10H,2-6H2,1H3. The topological polar surface area (TPSA) is 57.5 Å². The molecular formula is C8H16O3S. The van der Waals surface area contributed by atoms with Crippen LogP contribution in [0.5, 0.6) is 0 Å². The van der Waals surface area contributed by atoms with E-state index in [1.807, 2.05) is 0 Å². The van der Waals surface area contributed by atoms with Gasteiger partial charge in [-0.3, -0.25) is 4.79 Å². The van der Waals surface area contributed by atoms with Crippen LogP contribution < -0.4 is 0 Å². The lowest BCUT2D eigenvalue weighted by Crippen LogP contribution is -2.09. The minimum atomic E-state index is 0.0450. The van der Waals surface area contributed by atoms with Crippen molar-refractivity contribution in [3.05, 3.63) is 0 Å². The number of hydrogen-bond donors (Lipinski definition) is 2. The van der Waals surface area contributed by atoms with Crippen LogP contribution >= 0.6 is 11.8 Å². The Labute approximate surface area is 77.2 Å². The molecule has 2 N–H and O–H groups in total. The fourth-order valence-corrected chi connectivity index (χ4v) is 1.89. The van der Waals surface area contributed by atoms with E-state index in [0.29, 0.717) is 12.8 Å². The molecule has 1 unspecified atom stereocenters. The average molecular weight is 192 g/mol. The van der Waals surface area contributed by atoms with Gasteiger partial charge >= 0.3 is 0 Å². The highest BCUT2D eigenvalue weighted by molar-refractivity contribution is 7.99. The maximum absolute atomic E-state index is 10.7. The molecule has 0 aliphatic heterocycles. The molecule has 4 heteroatoms. The molecule has 0 aliphatic carbocycles. The molecule has 0 radical (unpaired) electrons. The van der Waals surface area contributed by atoms with Crippen molar-refractivity contribution in [1.29, 1.82) is 0 Å². The van der Waals surface area contributed by atoms with Crippen LogP contribution in [0.2, 0.25) is 0 Å². The quantitative estimate of drug-likeness (QED) is 0.585. The Morgan fingerprint density at radius 3 is 2.58 bits per heavy atom. The van der Waals surface area contributed by atoms with Crippen LogP contribution in [0.4, 0.5) is 0 Å². The van der Waals surface area contributed by atoms with Gasteiger partial charge in [-0.05, 0) is 19.8 Å². The lowest BCUT2D eigenvalue weighted by atomic mass is 10.1. The third-order valence-corrected chi connectivity index (χ3v) is 2.53. The minimum Gasteiger partial charge on any atom is -0.396 e. The van der Waals surface area contributed by atoms with Gasteiger partial charge in [0.25, 0.3) is 0 Å². The van der Waals surface area contributed by atoms with E-state index in [0.717, 1.165) is 6.42 Å². The summed E-state index contributed by atoms with van der Waals surface area (Å²) < 4.78 is 0. The summed E-state index contributed by atoms with van der Waals surface area (Å²) in [5.41, 5.74) is 0. The van der Waals surface area contributed by atoms with E-state index in [1.54, 1.807) is 6.92 Å². The zero-order valence-corrected chi connectivity index (χ0v) is 8.14. The lowest BCUT2D eigenvalue weighted by Gasteiger charge is -2.12. The molecule has 0 saturated carbocycles. The molecule has 72 valence electrons. The molecule has 0 saturated heterocycles. The summed E-state index contributed by atoms with van der Waals surface area (Å²) in [6.07, 6.45) is 1.98. The van der Waals surface area contributed by atoms with E-state index in [4.69, 9.17) is 10.2 Å². The van der Waals surface area contributed by atoms with Gasteiger partial charge in [0.1, 0.15) is 5.78 Å². The van der Waals surface area contributed by atoms with E-state index >= 15 is 0 Å². The molecule has 0 rings (SSSR count). The van der Waals surface area contributed by atoms with Crippen molar-refractivity contribution in [1.82, 2.24) is 0 Å². The number of rotatable bonds is 7. The third-order valence-electron chi connectivity index (χ3n) is 1.51. The van der Waals surface area contributed by atoms with Crippen molar-refractivity contribution < 1.29 is 15.0 Å². The Bertz CT molecular complexity index is 127. The average Bonchev–Trinajstić information content (AvgIpc) is 2.00. The van der Waals surface area contributed by atoms with Gasteiger partial charge < -0.3 is 10.2 Å². The predicted octanol–water partition coefficient (Wildman–Crippen LogP) is 0.790. The second-order valence-electron chi connectivity index (χ2n) is 2.69. The summed E-state index contributed by atoms with van der Waals surface area (Å²) in [4.78, 5) is 10.7. The van der Waals surface area contributed by atoms with E-state index in [9.17, 15) is 4.79 Å². The molecule has 0 aromatic rings. The lowest BCUT2D eigenvalue weighted by molar-refractivity contribution is -0.117. The summed E-state index contributed by atoms with van der Waals surface area (Å²) in [6, 6.07) is 0. The van der Waals surface area contributed by atoms with Crippen molar-refractivity contribution in [3.63, 3.8) is 0 Å². The molecule has 0 aliphatic rings. The van der Waals surface area contributed by atoms with E-state index in [-0.39, 0.29) is 23.6 Å². The normalized spacial score (nSPS) is 12.9. The number of Topliss-reactive ketones (excluding diaryl/α,β-unsaturated/α-hetero) is 1. The Hall–Kier alpha value is -0.0600. The van der Waals surface area contributed by atoms with Crippen LogP contribution in [0.1, 0.15) is 26.2 Å². The van der Waals surface area contributed by atoms with Gasteiger partial charge in [-0.25, -0.2) is 0 Å². The molecule has 0 aromatic carbocycles. The molecule has 0 fully saturated rings. The van der Waals surface area contributed by atoms with E-state index in [2.05, 4.69) is 0 Å². The Morgan fingerprint density at radius 1 is 1.50 bits per heavy atom. The number of carbonyl (C=O) groups excluding carboxylic acids is 1. The summed E-state index contributed by atoms with van der Waals surface area (Å²) in [7, 11) is 0. The highest BCUT2D eigenvalue weighted by Crippen LogP contribution is 2.18. The van der Waals surface area contributed by atoms with E-state index in [1.165, 1.54) is 11.8 Å². The Balaban J connectivity index is 3.61. The van der Waals surface area contributed by atoms with Crippen LogP contribution in [0, 0.1) is 0 Å². The highest BCUT2D eigenvalue weighted by atomic mass is 32.2. The number of thioether (sulfide) groups is 1. The molecule has 0 spiro atoms. The van der Waals surface area contributed by atoms with Crippen LogP contribution in [-0.2, 0) is 4.79 Å². The minimum absolute atomic E-state index is 0.0450. The monoisotopic (exact) mass is 192 g/mol. The first-order chi connectivity index (χ1) is 5.70. The van der Waals surface area contributed by atoms with Crippen LogP contribution in [0.15, 0.2) is 0 Å². The molecule has 0 heterocycles. The Kier molecular flexibility index (Phi) is 7.54. The molecular weight excluding hydrogens is 176 g/mol. The molecule has 0 bridgehead atoms. The first kappa shape index (κ1) is 11.9. The fourth-order valence-electron chi connectivity index (χ4n) is 0.989. The summed E-state index contributed by atoms with van der Waals surface area (Å²) in [5.74, 6) is 0.183. The molecule has 12 heavy (non-hydrogen) atoms. The molecule has 1 atom stereocenters. The molecule has 0 amide bonds. The van der Waals surface area contributed by atoms with Crippen molar-refractivity contribution in [3.8, 4) is 0 Å². The largest absolute Gasteiger partial charge is 0.396 e. The second kappa shape index (κ2) is 7.58. The van der Waals surface area contributed by atoms with E-state index < -0.39 is 0 Å². The smallest absolute Gasteiger partial charge is 0.130 e. The number of carbonyl (C=O) groups is 1. The van der Waals surface area contributed by atoms with Crippen LogP contribution in [0.25, 0.3) is 0 Å². The first-order valence-electron chi connectivity index (χ1n) is 4.03. The second-order valence-corrected chi connectivity index (χ2v) is 3.95. The zero-order chi connectivity index (χ0) is 9.40. The number of ketones is 1. The van der Waals surface area contributed by atoms with Gasteiger partial charge in [-0.2, -0.15) is 0 Å². The Morgan fingerprint density at radius 2 is 2.17 bits per heavy atom. The predicted molar refractivity (Wildman–Crippen MR) is 50.1 cm³/mol. The number of aliphatic hydroxyl groups is 2. The van der Waals surface area contributed by atoms with Crippen LogP contribution in [0.3, 0.4) is 0 Å². The van der Waals surface area contributed by atoms with Crippen molar-refractivity contribution in [2.45, 2.75) is 31.4 Å². The first-order valence-corrected chi connectivity index (χ1v) is 5.08.